The van der Waals surface area contributed by atoms with Crippen LogP contribution in [0.5, 0.6) is 5.75 Å². The number of ether oxygens (including phenoxy) is 1. The first kappa shape index (κ1) is 20.6. The molecule has 2 N–H and O–H groups in total. The second-order valence-corrected chi connectivity index (χ2v) is 8.98. The Labute approximate surface area is 184 Å². The number of carbonyl (C=O) groups excluding carboxylic acids is 3. The van der Waals surface area contributed by atoms with Gasteiger partial charge in [0.25, 0.3) is 0 Å². The largest absolute Gasteiger partial charge is 0.497 e. The van der Waals surface area contributed by atoms with E-state index in [1.54, 1.807) is 31.4 Å². The first-order valence-corrected chi connectivity index (χ1v) is 10.6. The molecule has 3 aliphatic rings. The summed E-state index contributed by atoms with van der Waals surface area (Å²) >= 11 is 0. The summed E-state index contributed by atoms with van der Waals surface area (Å²) in [5.74, 6) is -2.65. The SMILES string of the molecule is COc1ccc(CN2C(=O)C3C(C(C)C)NC4(C(=O)Nc5ccc(F)cc54)C3C2=O)cc1. The molecule has 7 nitrogen and oxygen atoms in total. The predicted octanol–water partition coefficient (Wildman–Crippen LogP) is 2.41. The number of halogens is 1. The standard InChI is InChI=1S/C24H24FN3O4/c1-12(2)20-18-19(24(27-20)16-10-14(25)6-9-17(16)26-23(24)31)22(30)28(21(18)29)11-13-4-7-15(32-3)8-5-13/h4-10,12,18-20,27H,11H2,1-3H3,(H,26,31). The maximum Gasteiger partial charge on any atom is 0.250 e. The third kappa shape index (κ3) is 2.72. The van der Waals surface area contributed by atoms with Crippen molar-refractivity contribution in [2.24, 2.45) is 17.8 Å². The highest BCUT2D eigenvalue weighted by atomic mass is 19.1. The number of benzene rings is 2. The van der Waals surface area contributed by atoms with Crippen molar-refractivity contribution >= 4 is 23.4 Å². The van der Waals surface area contributed by atoms with Crippen LogP contribution in [0, 0.1) is 23.6 Å². The fraction of sp³-hybridized carbons (Fsp3) is 0.375. The van der Waals surface area contributed by atoms with E-state index in [0.29, 0.717) is 17.0 Å². The average Bonchev–Trinajstić information content (AvgIpc) is 3.36. The average molecular weight is 437 g/mol. The first-order chi connectivity index (χ1) is 15.3. The van der Waals surface area contributed by atoms with Crippen LogP contribution in [0.2, 0.25) is 0 Å². The second kappa shape index (κ2) is 7.13. The van der Waals surface area contributed by atoms with Gasteiger partial charge >= 0.3 is 0 Å². The fourth-order valence-electron chi connectivity index (χ4n) is 5.41. The van der Waals surface area contributed by atoms with Gasteiger partial charge in [0, 0.05) is 17.3 Å². The number of carbonyl (C=O) groups is 3. The molecular formula is C24H24FN3O4. The molecule has 4 atom stereocenters. The van der Waals surface area contributed by atoms with E-state index in [0.717, 1.165) is 5.56 Å². The zero-order chi connectivity index (χ0) is 22.8. The first-order valence-electron chi connectivity index (χ1n) is 10.6. The van der Waals surface area contributed by atoms with Crippen molar-refractivity contribution in [3.8, 4) is 5.75 Å². The van der Waals surface area contributed by atoms with Crippen molar-refractivity contribution in [2.75, 3.05) is 12.4 Å². The number of fused-ring (bicyclic) bond motifs is 4. The number of hydrogen-bond acceptors (Lipinski definition) is 5. The van der Waals surface area contributed by atoms with Gasteiger partial charge in [0.15, 0.2) is 0 Å². The zero-order valence-corrected chi connectivity index (χ0v) is 18.0. The summed E-state index contributed by atoms with van der Waals surface area (Å²) < 4.78 is 19.4. The van der Waals surface area contributed by atoms with Crippen LogP contribution in [0.1, 0.15) is 25.0 Å². The van der Waals surface area contributed by atoms with Crippen LogP contribution in [0.3, 0.4) is 0 Å². The lowest BCUT2D eigenvalue weighted by Crippen LogP contribution is -2.53. The quantitative estimate of drug-likeness (QED) is 0.718. The molecule has 166 valence electrons. The molecule has 3 heterocycles. The molecule has 2 fully saturated rings. The summed E-state index contributed by atoms with van der Waals surface area (Å²) in [5, 5.41) is 6.08. The van der Waals surface area contributed by atoms with Gasteiger partial charge in [-0.3, -0.25) is 24.6 Å². The third-order valence-electron chi connectivity index (χ3n) is 6.92. The van der Waals surface area contributed by atoms with E-state index in [9.17, 15) is 18.8 Å². The molecule has 4 unspecified atom stereocenters. The molecule has 32 heavy (non-hydrogen) atoms. The minimum atomic E-state index is -1.47. The summed E-state index contributed by atoms with van der Waals surface area (Å²) in [4.78, 5) is 41.7. The van der Waals surface area contributed by atoms with E-state index in [2.05, 4.69) is 10.6 Å². The number of imide groups is 1. The second-order valence-electron chi connectivity index (χ2n) is 8.98. The molecule has 0 aromatic heterocycles. The number of likely N-dealkylation sites (tertiary alicyclic amines) is 1. The molecule has 3 amide bonds. The van der Waals surface area contributed by atoms with Crippen LogP contribution in [0.25, 0.3) is 0 Å². The monoisotopic (exact) mass is 437 g/mol. The number of rotatable bonds is 4. The van der Waals surface area contributed by atoms with Gasteiger partial charge in [0.1, 0.15) is 17.1 Å². The molecular weight excluding hydrogens is 413 g/mol. The highest BCUT2D eigenvalue weighted by Crippen LogP contribution is 2.54. The molecule has 0 radical (unpaired) electrons. The van der Waals surface area contributed by atoms with Crippen molar-refractivity contribution in [2.45, 2.75) is 32.0 Å². The van der Waals surface area contributed by atoms with Crippen LogP contribution in [0.4, 0.5) is 10.1 Å². The maximum absolute atomic E-state index is 14.2. The molecule has 8 heteroatoms. The smallest absolute Gasteiger partial charge is 0.250 e. The van der Waals surface area contributed by atoms with Crippen molar-refractivity contribution in [3.05, 3.63) is 59.4 Å². The van der Waals surface area contributed by atoms with Crippen molar-refractivity contribution in [3.63, 3.8) is 0 Å². The Hall–Kier alpha value is -3.26. The molecule has 1 spiro atoms. The Morgan fingerprint density at radius 2 is 1.81 bits per heavy atom. The van der Waals surface area contributed by atoms with Gasteiger partial charge in [0.2, 0.25) is 17.7 Å². The van der Waals surface area contributed by atoms with E-state index in [1.165, 1.54) is 23.1 Å². The maximum atomic E-state index is 14.2. The molecule has 2 aromatic rings. The van der Waals surface area contributed by atoms with Crippen molar-refractivity contribution in [1.29, 1.82) is 0 Å². The molecule has 0 saturated carbocycles. The molecule has 0 bridgehead atoms. The van der Waals surface area contributed by atoms with Gasteiger partial charge in [-0.1, -0.05) is 26.0 Å². The van der Waals surface area contributed by atoms with Gasteiger partial charge in [-0.15, -0.1) is 0 Å². The van der Waals surface area contributed by atoms with Crippen molar-refractivity contribution < 1.29 is 23.5 Å². The lowest BCUT2D eigenvalue weighted by Gasteiger charge is -2.30. The van der Waals surface area contributed by atoms with Crippen LogP contribution >= 0.6 is 0 Å². The summed E-state index contributed by atoms with van der Waals surface area (Å²) in [5.41, 5.74) is 0.144. The number of anilines is 1. The minimum absolute atomic E-state index is 0.0232. The van der Waals surface area contributed by atoms with E-state index >= 15 is 0 Å². The van der Waals surface area contributed by atoms with Crippen LogP contribution in [-0.2, 0) is 26.5 Å². The summed E-state index contributed by atoms with van der Waals surface area (Å²) in [6.45, 7) is 3.99. The summed E-state index contributed by atoms with van der Waals surface area (Å²) in [6, 6.07) is 10.8. The van der Waals surface area contributed by atoms with Crippen LogP contribution in [0.15, 0.2) is 42.5 Å². The van der Waals surface area contributed by atoms with Gasteiger partial charge in [-0.2, -0.15) is 0 Å². The Morgan fingerprint density at radius 3 is 2.47 bits per heavy atom. The number of nitrogens with one attached hydrogen (secondary N) is 2. The van der Waals surface area contributed by atoms with Crippen molar-refractivity contribution in [1.82, 2.24) is 10.2 Å². The Balaban J connectivity index is 1.58. The van der Waals surface area contributed by atoms with Gasteiger partial charge in [-0.25, -0.2) is 4.39 Å². The molecule has 5 rings (SSSR count). The highest BCUT2D eigenvalue weighted by molar-refractivity contribution is 6.15. The Morgan fingerprint density at radius 1 is 1.09 bits per heavy atom. The van der Waals surface area contributed by atoms with Crippen LogP contribution in [-0.4, -0.2) is 35.8 Å². The minimum Gasteiger partial charge on any atom is -0.497 e. The summed E-state index contributed by atoms with van der Waals surface area (Å²) in [7, 11) is 1.57. The predicted molar refractivity (Wildman–Crippen MR) is 114 cm³/mol. The number of hydrogen-bond donors (Lipinski definition) is 2. The highest BCUT2D eigenvalue weighted by Gasteiger charge is 2.70. The molecule has 0 aliphatic carbocycles. The zero-order valence-electron chi connectivity index (χ0n) is 18.0. The Bertz CT molecular complexity index is 1130. The molecule has 2 saturated heterocycles. The topological polar surface area (TPSA) is 87.7 Å². The lowest BCUT2D eigenvalue weighted by molar-refractivity contribution is -0.143. The number of methoxy groups -OCH3 is 1. The Kier molecular flexibility index (Phi) is 4.60. The third-order valence-corrected chi connectivity index (χ3v) is 6.92. The molecule has 2 aromatic carbocycles. The molecule has 3 aliphatic heterocycles. The number of amides is 3. The van der Waals surface area contributed by atoms with Gasteiger partial charge in [0.05, 0.1) is 25.5 Å². The van der Waals surface area contributed by atoms with E-state index in [-0.39, 0.29) is 18.4 Å². The van der Waals surface area contributed by atoms with Crippen LogP contribution < -0.4 is 15.4 Å². The van der Waals surface area contributed by atoms with E-state index in [4.69, 9.17) is 4.74 Å². The van der Waals surface area contributed by atoms with Gasteiger partial charge in [-0.05, 0) is 41.8 Å². The van der Waals surface area contributed by atoms with E-state index < -0.39 is 41.0 Å². The number of nitrogens with zero attached hydrogens (tertiary/aromatic N) is 1. The van der Waals surface area contributed by atoms with Gasteiger partial charge < -0.3 is 10.1 Å². The summed E-state index contributed by atoms with van der Waals surface area (Å²) in [6.07, 6.45) is 0. The normalized spacial score (nSPS) is 28.5. The van der Waals surface area contributed by atoms with E-state index in [1.807, 2.05) is 13.8 Å². The fourth-order valence-corrected chi connectivity index (χ4v) is 5.41. The lowest BCUT2D eigenvalue weighted by atomic mass is 9.76.